The van der Waals surface area contributed by atoms with Crippen LogP contribution in [-0.4, -0.2) is 19.9 Å². The Morgan fingerprint density at radius 2 is 1.96 bits per heavy atom. The van der Waals surface area contributed by atoms with Crippen molar-refractivity contribution in [2.75, 3.05) is 5.32 Å². The molecule has 0 unspecified atom stereocenters. The van der Waals surface area contributed by atoms with E-state index in [1.165, 1.54) is 23.3 Å². The van der Waals surface area contributed by atoms with Crippen LogP contribution in [-0.2, 0) is 12.8 Å². The second-order valence-electron chi connectivity index (χ2n) is 6.08. The van der Waals surface area contributed by atoms with Gasteiger partial charge in [0.15, 0.2) is 0 Å². The quantitative estimate of drug-likeness (QED) is 0.523. The van der Waals surface area contributed by atoms with Crippen molar-refractivity contribution in [2.24, 2.45) is 0 Å². The summed E-state index contributed by atoms with van der Waals surface area (Å²) in [7, 11) is 0. The van der Waals surface area contributed by atoms with Gasteiger partial charge in [0.05, 0.1) is 16.4 Å². The molecule has 7 heteroatoms. The fourth-order valence-electron chi connectivity index (χ4n) is 3.43. The number of aryl methyl sites for hydroxylation is 2. The number of nitrogens with one attached hydrogen (secondary N) is 3. The molecule has 0 bridgehead atoms. The summed E-state index contributed by atoms with van der Waals surface area (Å²) in [5, 5.41) is 4.56. The Hall–Kier alpha value is -2.67. The minimum Gasteiger partial charge on any atom is -0.340 e. The molecule has 0 atom stereocenters. The molecule has 6 nitrogen and oxygen atoms in total. The lowest BCUT2D eigenvalue weighted by molar-refractivity contribution is 0.700. The van der Waals surface area contributed by atoms with E-state index in [2.05, 4.69) is 25.3 Å². The first-order chi connectivity index (χ1) is 11.8. The van der Waals surface area contributed by atoms with Gasteiger partial charge in [0.1, 0.15) is 17.0 Å². The summed E-state index contributed by atoms with van der Waals surface area (Å²) in [5.41, 5.74) is 3.68. The van der Waals surface area contributed by atoms with Gasteiger partial charge in [-0.25, -0.2) is 14.8 Å². The molecule has 0 spiro atoms. The zero-order valence-corrected chi connectivity index (χ0v) is 13.7. The Morgan fingerprint density at radius 1 is 1.08 bits per heavy atom. The summed E-state index contributed by atoms with van der Waals surface area (Å²) in [5.74, 6) is 0.844. The third kappa shape index (κ3) is 2.12. The van der Waals surface area contributed by atoms with Crippen LogP contribution in [0.3, 0.4) is 0 Å². The zero-order valence-electron chi connectivity index (χ0n) is 12.8. The van der Waals surface area contributed by atoms with Gasteiger partial charge in [-0.2, -0.15) is 0 Å². The predicted molar refractivity (Wildman–Crippen MR) is 96.3 cm³/mol. The van der Waals surface area contributed by atoms with Crippen molar-refractivity contribution in [1.82, 2.24) is 19.9 Å². The molecule has 1 aliphatic rings. The van der Waals surface area contributed by atoms with Crippen molar-refractivity contribution >= 4 is 44.1 Å². The van der Waals surface area contributed by atoms with Gasteiger partial charge in [-0.05, 0) is 49.4 Å². The van der Waals surface area contributed by atoms with Crippen molar-refractivity contribution in [3.8, 4) is 0 Å². The zero-order chi connectivity index (χ0) is 16.1. The number of anilines is 2. The number of nitrogens with zero attached hydrogens (tertiary/aromatic N) is 2. The molecule has 0 aliphatic heterocycles. The summed E-state index contributed by atoms with van der Waals surface area (Å²) >= 11 is 1.79. The Kier molecular flexibility index (Phi) is 2.96. The Labute approximate surface area is 141 Å². The van der Waals surface area contributed by atoms with Gasteiger partial charge < -0.3 is 15.3 Å². The third-order valence-electron chi connectivity index (χ3n) is 4.53. The minimum absolute atomic E-state index is 0.196. The molecule has 1 aliphatic carbocycles. The van der Waals surface area contributed by atoms with Crippen LogP contribution in [0, 0.1) is 0 Å². The highest BCUT2D eigenvalue weighted by Gasteiger charge is 2.19. The van der Waals surface area contributed by atoms with E-state index in [1.54, 1.807) is 17.7 Å². The number of aromatic nitrogens is 4. The second kappa shape index (κ2) is 5.17. The van der Waals surface area contributed by atoms with Crippen LogP contribution in [0.2, 0.25) is 0 Å². The first kappa shape index (κ1) is 13.7. The van der Waals surface area contributed by atoms with Crippen LogP contribution < -0.4 is 11.0 Å². The minimum atomic E-state index is -0.196. The summed E-state index contributed by atoms with van der Waals surface area (Å²) in [6.45, 7) is 0. The fraction of sp³-hybridized carbons (Fsp3) is 0.235. The number of imidazole rings is 1. The molecule has 0 amide bonds. The first-order valence-electron chi connectivity index (χ1n) is 8.02. The van der Waals surface area contributed by atoms with E-state index in [0.29, 0.717) is 0 Å². The lowest BCUT2D eigenvalue weighted by atomic mass is 9.97. The first-order valence-corrected chi connectivity index (χ1v) is 8.84. The maximum Gasteiger partial charge on any atom is 0.323 e. The molecule has 120 valence electrons. The monoisotopic (exact) mass is 337 g/mol. The molecule has 3 aromatic heterocycles. The molecule has 0 radical (unpaired) electrons. The van der Waals surface area contributed by atoms with E-state index in [4.69, 9.17) is 0 Å². The molecule has 5 rings (SSSR count). The molecular weight excluding hydrogens is 322 g/mol. The number of hydrogen-bond donors (Lipinski definition) is 3. The van der Waals surface area contributed by atoms with Crippen molar-refractivity contribution < 1.29 is 0 Å². The molecule has 3 heterocycles. The third-order valence-corrected chi connectivity index (χ3v) is 5.73. The van der Waals surface area contributed by atoms with E-state index < -0.39 is 0 Å². The van der Waals surface area contributed by atoms with Gasteiger partial charge in [0.25, 0.3) is 0 Å². The lowest BCUT2D eigenvalue weighted by Crippen LogP contribution is -2.01. The van der Waals surface area contributed by atoms with Crippen LogP contribution in [0.4, 0.5) is 11.5 Å². The van der Waals surface area contributed by atoms with Crippen molar-refractivity contribution in [1.29, 1.82) is 0 Å². The normalized spacial score (nSPS) is 14.2. The van der Waals surface area contributed by atoms with Gasteiger partial charge >= 0.3 is 5.69 Å². The summed E-state index contributed by atoms with van der Waals surface area (Å²) in [6.07, 6.45) is 6.34. The van der Waals surface area contributed by atoms with E-state index in [-0.39, 0.29) is 5.69 Å². The maximum absolute atomic E-state index is 11.4. The van der Waals surface area contributed by atoms with E-state index in [0.717, 1.165) is 45.6 Å². The summed E-state index contributed by atoms with van der Waals surface area (Å²) < 4.78 is 0. The largest absolute Gasteiger partial charge is 0.340 e. The summed E-state index contributed by atoms with van der Waals surface area (Å²) in [4.78, 5) is 28.4. The molecule has 4 aromatic rings. The van der Waals surface area contributed by atoms with Gasteiger partial charge in [-0.1, -0.05) is 0 Å². The number of benzene rings is 1. The van der Waals surface area contributed by atoms with Gasteiger partial charge in [-0.15, -0.1) is 11.3 Å². The number of hydrogen-bond acceptors (Lipinski definition) is 5. The van der Waals surface area contributed by atoms with Crippen molar-refractivity contribution in [2.45, 2.75) is 25.7 Å². The number of aromatic amines is 2. The van der Waals surface area contributed by atoms with E-state index in [1.807, 2.05) is 18.2 Å². The molecule has 0 saturated heterocycles. The van der Waals surface area contributed by atoms with Crippen LogP contribution in [0.25, 0.3) is 21.3 Å². The highest BCUT2D eigenvalue weighted by Crippen LogP contribution is 2.38. The molecule has 0 saturated carbocycles. The molecule has 1 aromatic carbocycles. The molecular formula is C17H15N5OS. The molecule has 0 fully saturated rings. The predicted octanol–water partition coefficient (Wildman–Crippen LogP) is 3.48. The molecule has 24 heavy (non-hydrogen) atoms. The number of rotatable bonds is 2. The average molecular weight is 337 g/mol. The van der Waals surface area contributed by atoms with Crippen LogP contribution in [0.1, 0.15) is 23.3 Å². The van der Waals surface area contributed by atoms with Gasteiger partial charge in [-0.3, -0.25) is 0 Å². The number of fused-ring (bicyclic) bond motifs is 4. The van der Waals surface area contributed by atoms with E-state index in [9.17, 15) is 4.79 Å². The maximum atomic E-state index is 11.4. The Balaban J connectivity index is 1.62. The Morgan fingerprint density at radius 3 is 2.92 bits per heavy atom. The highest BCUT2D eigenvalue weighted by atomic mass is 32.1. The van der Waals surface area contributed by atoms with Crippen LogP contribution >= 0.6 is 11.3 Å². The average Bonchev–Trinajstić information content (AvgIpc) is 3.14. The topological polar surface area (TPSA) is 86.5 Å². The SMILES string of the molecule is O=c1[nH]c2ccc(Nc3ncnc4sc5c(c34)CCCC5)cc2[nH]1. The van der Waals surface area contributed by atoms with Gasteiger partial charge in [0, 0.05) is 10.6 Å². The second-order valence-corrected chi connectivity index (χ2v) is 7.16. The van der Waals surface area contributed by atoms with Crippen molar-refractivity contribution in [3.05, 3.63) is 45.5 Å². The van der Waals surface area contributed by atoms with Crippen LogP contribution in [0.5, 0.6) is 0 Å². The smallest absolute Gasteiger partial charge is 0.323 e. The van der Waals surface area contributed by atoms with E-state index >= 15 is 0 Å². The molecule has 3 N–H and O–H groups in total. The van der Waals surface area contributed by atoms with Crippen molar-refractivity contribution in [3.63, 3.8) is 0 Å². The Bertz CT molecular complexity index is 1120. The summed E-state index contributed by atoms with van der Waals surface area (Å²) in [6, 6.07) is 5.75. The number of H-pyrrole nitrogens is 2. The standard InChI is InChI=1S/C17H15N5OS/c23-17-21-11-6-5-9(7-12(11)22-17)20-15-14-10-3-1-2-4-13(10)24-16(14)19-8-18-15/h5-8H,1-4H2,(H,18,19,20)(H2,21,22,23). The lowest BCUT2D eigenvalue weighted by Gasteiger charge is -2.12. The number of thiophene rings is 1. The van der Waals surface area contributed by atoms with Gasteiger partial charge in [0.2, 0.25) is 0 Å². The fourth-order valence-corrected chi connectivity index (χ4v) is 4.66. The van der Waals surface area contributed by atoms with Crippen LogP contribution in [0.15, 0.2) is 29.3 Å². The highest BCUT2D eigenvalue weighted by molar-refractivity contribution is 7.19.